The minimum absolute atomic E-state index is 1.19. The largest absolute Gasteiger partial charge is 0.0853 e. The van der Waals surface area contributed by atoms with E-state index in [9.17, 15) is 0 Å². The van der Waals surface area contributed by atoms with Gasteiger partial charge in [0, 0.05) is 0 Å². The van der Waals surface area contributed by atoms with Gasteiger partial charge in [0.25, 0.3) is 0 Å². The van der Waals surface area contributed by atoms with Gasteiger partial charge in [0.2, 0.25) is 0 Å². The van der Waals surface area contributed by atoms with Crippen LogP contribution in [0.15, 0.2) is 34.9 Å². The van der Waals surface area contributed by atoms with E-state index in [1.807, 2.05) is 0 Å². The molecule has 104 valence electrons. The first-order chi connectivity index (χ1) is 8.63. The van der Waals surface area contributed by atoms with Gasteiger partial charge >= 0.3 is 0 Å². The zero-order valence-electron chi connectivity index (χ0n) is 13.2. The monoisotopic (exact) mass is 248 g/mol. The number of allylic oxidation sites excluding steroid dienone is 6. The first-order valence-corrected chi connectivity index (χ1v) is 7.63. The van der Waals surface area contributed by atoms with Gasteiger partial charge in [0.1, 0.15) is 0 Å². The Labute approximate surface area is 115 Å². The van der Waals surface area contributed by atoms with E-state index in [1.165, 1.54) is 56.1 Å². The molecule has 0 nitrogen and oxygen atoms in total. The molecule has 0 aliphatic heterocycles. The van der Waals surface area contributed by atoms with Crippen molar-refractivity contribution >= 4 is 0 Å². The lowest BCUT2D eigenvalue weighted by molar-refractivity contribution is 0.873. The zero-order chi connectivity index (χ0) is 13.8. The summed E-state index contributed by atoms with van der Waals surface area (Å²) < 4.78 is 0. The van der Waals surface area contributed by atoms with Crippen LogP contribution in [0.2, 0.25) is 0 Å². The maximum absolute atomic E-state index is 2.45. The summed E-state index contributed by atoms with van der Waals surface area (Å²) in [6.45, 7) is 11.2. The Hall–Kier alpha value is -0.780. The molecule has 18 heavy (non-hydrogen) atoms. The Morgan fingerprint density at radius 1 is 0.667 bits per heavy atom. The predicted molar refractivity (Wildman–Crippen MR) is 84.9 cm³/mol. The van der Waals surface area contributed by atoms with Crippen LogP contribution in [0.3, 0.4) is 0 Å². The predicted octanol–water partition coefficient (Wildman–Crippen LogP) is 6.60. The molecule has 0 heterocycles. The van der Waals surface area contributed by atoms with E-state index in [4.69, 9.17) is 0 Å². The SMILES string of the molecule is CCC(C)=CCCC=C(CC)CCC=C(C)CC. The molecule has 0 rings (SSSR count). The van der Waals surface area contributed by atoms with Crippen LogP contribution < -0.4 is 0 Å². The molecule has 0 saturated carbocycles. The first-order valence-electron chi connectivity index (χ1n) is 7.63. The fourth-order valence-corrected chi connectivity index (χ4v) is 1.83. The first kappa shape index (κ1) is 17.2. The Morgan fingerprint density at radius 3 is 1.67 bits per heavy atom. The highest BCUT2D eigenvalue weighted by atomic mass is 14.0. The van der Waals surface area contributed by atoms with Crippen molar-refractivity contribution in [2.45, 2.75) is 79.6 Å². The Balaban J connectivity index is 4.01. The van der Waals surface area contributed by atoms with Crippen molar-refractivity contribution in [2.24, 2.45) is 0 Å². The number of unbranched alkanes of at least 4 members (excludes halogenated alkanes) is 1. The van der Waals surface area contributed by atoms with E-state index in [1.54, 1.807) is 5.57 Å². The maximum Gasteiger partial charge on any atom is -0.0286 e. The van der Waals surface area contributed by atoms with Crippen molar-refractivity contribution in [1.82, 2.24) is 0 Å². The summed E-state index contributed by atoms with van der Waals surface area (Å²) in [6, 6.07) is 0. The fraction of sp³-hybridized carbons (Fsp3) is 0.667. The van der Waals surface area contributed by atoms with Crippen LogP contribution in [0, 0.1) is 0 Å². The molecule has 0 heteroatoms. The molecule has 0 aromatic heterocycles. The summed E-state index contributed by atoms with van der Waals surface area (Å²) in [5, 5.41) is 0. The topological polar surface area (TPSA) is 0 Å². The molecule has 0 aliphatic rings. The fourth-order valence-electron chi connectivity index (χ4n) is 1.83. The van der Waals surface area contributed by atoms with Crippen LogP contribution in [0.1, 0.15) is 79.6 Å². The second kappa shape index (κ2) is 11.3. The number of hydrogen-bond donors (Lipinski definition) is 0. The molecule has 0 aromatic carbocycles. The lowest BCUT2D eigenvalue weighted by Crippen LogP contribution is -1.83. The van der Waals surface area contributed by atoms with Gasteiger partial charge in [0.15, 0.2) is 0 Å². The van der Waals surface area contributed by atoms with Crippen LogP contribution in [0.25, 0.3) is 0 Å². The second-order valence-corrected chi connectivity index (χ2v) is 5.14. The van der Waals surface area contributed by atoms with Crippen LogP contribution >= 0.6 is 0 Å². The summed E-state index contributed by atoms with van der Waals surface area (Å²) in [7, 11) is 0. The summed E-state index contributed by atoms with van der Waals surface area (Å²) in [5.74, 6) is 0. The maximum atomic E-state index is 2.45. The van der Waals surface area contributed by atoms with Crippen molar-refractivity contribution < 1.29 is 0 Å². The van der Waals surface area contributed by atoms with Crippen LogP contribution in [-0.4, -0.2) is 0 Å². The molecule has 0 aliphatic carbocycles. The summed E-state index contributed by atoms with van der Waals surface area (Å²) in [4.78, 5) is 0. The van der Waals surface area contributed by atoms with Crippen molar-refractivity contribution in [2.75, 3.05) is 0 Å². The standard InChI is InChI=1S/C18H32/c1-6-16(4)12-9-10-14-18(8-3)15-11-13-17(5)7-2/h12-14H,6-11,15H2,1-5H3. The van der Waals surface area contributed by atoms with Crippen molar-refractivity contribution in [3.8, 4) is 0 Å². The molecule has 0 aromatic rings. The van der Waals surface area contributed by atoms with Crippen LogP contribution in [0.4, 0.5) is 0 Å². The Kier molecular flexibility index (Phi) is 10.8. The van der Waals surface area contributed by atoms with Crippen LogP contribution in [0.5, 0.6) is 0 Å². The van der Waals surface area contributed by atoms with Gasteiger partial charge in [-0.3, -0.25) is 0 Å². The van der Waals surface area contributed by atoms with Gasteiger partial charge in [-0.05, 0) is 58.8 Å². The Morgan fingerprint density at radius 2 is 1.17 bits per heavy atom. The van der Waals surface area contributed by atoms with E-state index in [0.29, 0.717) is 0 Å². The number of rotatable bonds is 9. The van der Waals surface area contributed by atoms with E-state index < -0.39 is 0 Å². The third-order valence-corrected chi connectivity index (χ3v) is 3.62. The summed E-state index contributed by atoms with van der Waals surface area (Å²) in [5.41, 5.74) is 4.66. The smallest absolute Gasteiger partial charge is 0.0286 e. The van der Waals surface area contributed by atoms with Gasteiger partial charge < -0.3 is 0 Å². The Bertz CT molecular complexity index is 289. The van der Waals surface area contributed by atoms with E-state index >= 15 is 0 Å². The van der Waals surface area contributed by atoms with Gasteiger partial charge in [-0.15, -0.1) is 0 Å². The minimum atomic E-state index is 1.19. The molecule has 0 fully saturated rings. The molecule has 0 unspecified atom stereocenters. The van der Waals surface area contributed by atoms with Crippen LogP contribution in [-0.2, 0) is 0 Å². The minimum Gasteiger partial charge on any atom is -0.0853 e. The molecule has 0 saturated heterocycles. The van der Waals surface area contributed by atoms with Gasteiger partial charge in [-0.25, -0.2) is 0 Å². The van der Waals surface area contributed by atoms with E-state index in [2.05, 4.69) is 52.8 Å². The van der Waals surface area contributed by atoms with E-state index in [0.717, 1.165) is 0 Å². The second-order valence-electron chi connectivity index (χ2n) is 5.14. The normalized spacial score (nSPS) is 14.2. The molecule has 0 N–H and O–H groups in total. The molecular formula is C18H32. The molecule has 0 bridgehead atoms. The van der Waals surface area contributed by atoms with Gasteiger partial charge in [-0.2, -0.15) is 0 Å². The molecule has 0 atom stereocenters. The zero-order valence-corrected chi connectivity index (χ0v) is 13.2. The average Bonchev–Trinajstić information content (AvgIpc) is 2.40. The van der Waals surface area contributed by atoms with Crippen molar-refractivity contribution in [1.29, 1.82) is 0 Å². The van der Waals surface area contributed by atoms with Crippen molar-refractivity contribution in [3.63, 3.8) is 0 Å². The molecular weight excluding hydrogens is 216 g/mol. The summed E-state index contributed by atoms with van der Waals surface area (Å²) in [6.07, 6.45) is 15.7. The lowest BCUT2D eigenvalue weighted by atomic mass is 10.0. The quantitative estimate of drug-likeness (QED) is 0.319. The molecule has 0 amide bonds. The highest BCUT2D eigenvalue weighted by molar-refractivity contribution is 5.06. The number of hydrogen-bond acceptors (Lipinski definition) is 0. The highest BCUT2D eigenvalue weighted by Crippen LogP contribution is 2.14. The molecule has 0 spiro atoms. The van der Waals surface area contributed by atoms with Gasteiger partial charge in [-0.1, -0.05) is 55.7 Å². The summed E-state index contributed by atoms with van der Waals surface area (Å²) >= 11 is 0. The van der Waals surface area contributed by atoms with Gasteiger partial charge in [0.05, 0.1) is 0 Å². The lowest BCUT2D eigenvalue weighted by Gasteiger charge is -2.03. The van der Waals surface area contributed by atoms with Crippen molar-refractivity contribution in [3.05, 3.63) is 34.9 Å². The third-order valence-electron chi connectivity index (χ3n) is 3.62. The molecule has 0 radical (unpaired) electrons. The third kappa shape index (κ3) is 9.27. The van der Waals surface area contributed by atoms with E-state index in [-0.39, 0.29) is 0 Å². The average molecular weight is 248 g/mol. The highest BCUT2D eigenvalue weighted by Gasteiger charge is 1.94.